The smallest absolute Gasteiger partial charge is 0.410 e. The fourth-order valence-corrected chi connectivity index (χ4v) is 4.52. The summed E-state index contributed by atoms with van der Waals surface area (Å²) in [4.78, 5) is 19.3. The predicted octanol–water partition coefficient (Wildman–Crippen LogP) is 6.31. The normalized spacial score (nSPS) is 14.9. The van der Waals surface area contributed by atoms with Crippen LogP contribution in [0.25, 0.3) is 22.8 Å². The summed E-state index contributed by atoms with van der Waals surface area (Å²) in [6.45, 7) is 12.0. The molecule has 2 aromatic carbocycles. The van der Waals surface area contributed by atoms with Crippen molar-refractivity contribution >= 4 is 6.09 Å². The summed E-state index contributed by atoms with van der Waals surface area (Å²) < 4.78 is 16.9. The van der Waals surface area contributed by atoms with Gasteiger partial charge in [-0.2, -0.15) is 10.2 Å². The minimum Gasteiger partial charge on any atom is -0.490 e. The molecule has 1 aromatic heterocycles. The van der Waals surface area contributed by atoms with E-state index < -0.39 is 5.60 Å². The third kappa shape index (κ3) is 5.20. The highest BCUT2D eigenvalue weighted by atomic mass is 16.6. The van der Waals surface area contributed by atoms with Crippen molar-refractivity contribution < 1.29 is 18.8 Å². The highest BCUT2D eigenvalue weighted by Crippen LogP contribution is 2.41. The minimum atomic E-state index is -0.556. The average Bonchev–Trinajstić information content (AvgIpc) is 3.46. The molecule has 1 atom stereocenters. The number of rotatable bonds is 6. The topological polar surface area (TPSA) is 101 Å². The number of fused-ring (bicyclic) bond motifs is 1. The maximum atomic E-state index is 12.9. The maximum absolute atomic E-state index is 12.9. The van der Waals surface area contributed by atoms with Crippen molar-refractivity contribution in [3.8, 4) is 34.7 Å². The van der Waals surface area contributed by atoms with Gasteiger partial charge in [0, 0.05) is 17.7 Å². The Kier molecular flexibility index (Phi) is 7.02. The van der Waals surface area contributed by atoms with Crippen LogP contribution >= 0.6 is 0 Å². The van der Waals surface area contributed by atoms with E-state index in [1.807, 2.05) is 53.7 Å². The van der Waals surface area contributed by atoms with Crippen molar-refractivity contribution in [1.29, 1.82) is 5.26 Å². The molecule has 0 bridgehead atoms. The summed E-state index contributed by atoms with van der Waals surface area (Å²) in [5, 5.41) is 13.8. The second-order valence-electron chi connectivity index (χ2n) is 10.1. The molecule has 1 amide bonds. The van der Waals surface area contributed by atoms with Gasteiger partial charge in [0.15, 0.2) is 0 Å². The molecule has 0 aliphatic heterocycles. The molecule has 0 spiro atoms. The summed E-state index contributed by atoms with van der Waals surface area (Å²) in [5.41, 5.74) is 3.56. The van der Waals surface area contributed by atoms with Crippen molar-refractivity contribution in [3.63, 3.8) is 0 Å². The number of carbonyl (C=O) groups is 1. The second-order valence-corrected chi connectivity index (χ2v) is 10.1. The number of nitrogens with zero attached hydrogens (tertiary/aromatic N) is 4. The lowest BCUT2D eigenvalue weighted by molar-refractivity contribution is 0.0171. The Bertz CT molecular complexity index is 1300. The molecule has 4 rings (SSSR count). The molecule has 0 radical (unpaired) electrons. The monoisotopic (exact) mass is 488 g/mol. The van der Waals surface area contributed by atoms with E-state index in [9.17, 15) is 10.1 Å². The van der Waals surface area contributed by atoms with Gasteiger partial charge in [-0.25, -0.2) is 4.79 Å². The largest absolute Gasteiger partial charge is 0.490 e. The van der Waals surface area contributed by atoms with Gasteiger partial charge >= 0.3 is 6.09 Å². The Morgan fingerprint density at radius 1 is 1.28 bits per heavy atom. The van der Waals surface area contributed by atoms with Gasteiger partial charge in [-0.1, -0.05) is 23.4 Å². The molecular formula is C28H32N4O4. The van der Waals surface area contributed by atoms with E-state index in [0.717, 1.165) is 29.5 Å². The fourth-order valence-electron chi connectivity index (χ4n) is 4.52. The number of aromatic nitrogens is 2. The van der Waals surface area contributed by atoms with Gasteiger partial charge in [0.1, 0.15) is 17.4 Å². The summed E-state index contributed by atoms with van der Waals surface area (Å²) in [6, 6.07) is 13.3. The molecule has 1 heterocycles. The molecule has 3 aromatic rings. The third-order valence-corrected chi connectivity index (χ3v) is 5.96. The lowest BCUT2D eigenvalue weighted by atomic mass is 10.0. The first kappa shape index (κ1) is 25.2. The zero-order chi connectivity index (χ0) is 26.0. The SMILES string of the molecule is CCN(C(=O)OC(C)(C)C)C1CCc2c(-c3noc(-c4ccc(OC(C)C)c(C#N)c4)n3)cccc21. The maximum Gasteiger partial charge on any atom is 0.410 e. The van der Waals surface area contributed by atoms with Gasteiger partial charge in [0.2, 0.25) is 5.82 Å². The highest BCUT2D eigenvalue weighted by molar-refractivity contribution is 5.71. The summed E-state index contributed by atoms with van der Waals surface area (Å²) in [7, 11) is 0. The fraction of sp³-hybridized carbons (Fsp3) is 0.429. The molecular weight excluding hydrogens is 456 g/mol. The molecule has 0 fully saturated rings. The Balaban J connectivity index is 1.63. The number of amides is 1. The van der Waals surface area contributed by atoms with Gasteiger partial charge in [0.05, 0.1) is 17.7 Å². The van der Waals surface area contributed by atoms with Crippen molar-refractivity contribution in [3.05, 3.63) is 53.1 Å². The van der Waals surface area contributed by atoms with Gasteiger partial charge in [0.25, 0.3) is 5.89 Å². The van der Waals surface area contributed by atoms with Crippen LogP contribution in [-0.4, -0.2) is 39.4 Å². The Morgan fingerprint density at radius 2 is 2.06 bits per heavy atom. The van der Waals surface area contributed by atoms with Crippen LogP contribution in [0.1, 0.15) is 70.7 Å². The number of ether oxygens (including phenoxy) is 2. The van der Waals surface area contributed by atoms with E-state index in [2.05, 4.69) is 22.3 Å². The minimum absolute atomic E-state index is 0.0408. The van der Waals surface area contributed by atoms with Crippen LogP contribution in [0.4, 0.5) is 4.79 Å². The molecule has 36 heavy (non-hydrogen) atoms. The van der Waals surface area contributed by atoms with Crippen molar-refractivity contribution in [1.82, 2.24) is 15.0 Å². The predicted molar refractivity (Wildman–Crippen MR) is 135 cm³/mol. The van der Waals surface area contributed by atoms with E-state index in [1.165, 1.54) is 0 Å². The van der Waals surface area contributed by atoms with E-state index in [4.69, 9.17) is 14.0 Å². The molecule has 1 unspecified atom stereocenters. The van der Waals surface area contributed by atoms with Crippen LogP contribution in [0.3, 0.4) is 0 Å². The molecule has 188 valence electrons. The number of benzene rings is 2. The van der Waals surface area contributed by atoms with E-state index in [0.29, 0.717) is 35.1 Å². The van der Waals surface area contributed by atoms with Crippen LogP contribution in [0.5, 0.6) is 5.75 Å². The molecule has 8 heteroatoms. The van der Waals surface area contributed by atoms with Crippen LogP contribution in [0.2, 0.25) is 0 Å². The molecule has 0 N–H and O–H groups in total. The summed E-state index contributed by atoms with van der Waals surface area (Å²) >= 11 is 0. The Labute approximate surface area is 211 Å². The number of nitriles is 1. The number of carbonyl (C=O) groups excluding carboxylic acids is 1. The summed E-state index contributed by atoms with van der Waals surface area (Å²) in [6.07, 6.45) is 1.24. The van der Waals surface area contributed by atoms with Crippen molar-refractivity contribution in [2.24, 2.45) is 0 Å². The number of hydrogen-bond donors (Lipinski definition) is 0. The number of hydrogen-bond acceptors (Lipinski definition) is 7. The quantitative estimate of drug-likeness (QED) is 0.401. The second kappa shape index (κ2) is 10.0. The first-order chi connectivity index (χ1) is 17.1. The van der Waals surface area contributed by atoms with Crippen molar-refractivity contribution in [2.75, 3.05) is 6.54 Å². The van der Waals surface area contributed by atoms with Gasteiger partial charge in [-0.15, -0.1) is 0 Å². The van der Waals surface area contributed by atoms with Gasteiger partial charge < -0.3 is 18.9 Å². The molecule has 1 aliphatic rings. The van der Waals surface area contributed by atoms with Gasteiger partial charge in [-0.3, -0.25) is 0 Å². The lowest BCUT2D eigenvalue weighted by Crippen LogP contribution is -2.38. The highest BCUT2D eigenvalue weighted by Gasteiger charge is 2.34. The lowest BCUT2D eigenvalue weighted by Gasteiger charge is -2.31. The van der Waals surface area contributed by atoms with Crippen LogP contribution in [0, 0.1) is 11.3 Å². The average molecular weight is 489 g/mol. The zero-order valence-corrected chi connectivity index (χ0v) is 21.7. The van der Waals surface area contributed by atoms with Crippen LogP contribution in [0.15, 0.2) is 40.9 Å². The first-order valence-corrected chi connectivity index (χ1v) is 12.3. The zero-order valence-electron chi connectivity index (χ0n) is 21.7. The first-order valence-electron chi connectivity index (χ1n) is 12.3. The molecule has 1 aliphatic carbocycles. The van der Waals surface area contributed by atoms with Crippen LogP contribution in [-0.2, 0) is 11.2 Å². The molecule has 8 nitrogen and oxygen atoms in total. The van der Waals surface area contributed by atoms with Crippen molar-refractivity contribution in [2.45, 2.75) is 72.1 Å². The standard InChI is InChI=1S/C28H32N4O4/c1-7-32(27(33)35-28(4,5)6)23-13-12-20-21(23)9-8-10-22(20)25-30-26(36-31-25)18-11-14-24(34-17(2)3)19(15-18)16-29/h8-11,14-15,17,23H,7,12-13H2,1-6H3. The Morgan fingerprint density at radius 3 is 2.72 bits per heavy atom. The van der Waals surface area contributed by atoms with E-state index in [-0.39, 0.29) is 18.2 Å². The van der Waals surface area contributed by atoms with Crippen LogP contribution < -0.4 is 4.74 Å². The molecule has 0 saturated carbocycles. The molecule has 0 saturated heterocycles. The van der Waals surface area contributed by atoms with Gasteiger partial charge in [-0.05, 0) is 83.7 Å². The summed E-state index contributed by atoms with van der Waals surface area (Å²) in [5.74, 6) is 1.32. The Hall–Kier alpha value is -3.86. The van der Waals surface area contributed by atoms with E-state index >= 15 is 0 Å². The third-order valence-electron chi connectivity index (χ3n) is 5.96. The van der Waals surface area contributed by atoms with E-state index in [1.54, 1.807) is 23.1 Å².